The Morgan fingerprint density at radius 1 is 1.21 bits per heavy atom. The molecule has 2 rings (SSSR count). The Morgan fingerprint density at radius 3 is 2.68 bits per heavy atom. The highest BCUT2D eigenvalue weighted by molar-refractivity contribution is 4.82. The highest BCUT2D eigenvalue weighted by Crippen LogP contribution is 2.33. The smallest absolute Gasteiger partial charge is 0.0468 e. The molecule has 3 nitrogen and oxygen atoms in total. The van der Waals surface area contributed by atoms with Gasteiger partial charge in [-0.25, -0.2) is 0 Å². The summed E-state index contributed by atoms with van der Waals surface area (Å²) in [6.07, 6.45) is 6.58. The van der Waals surface area contributed by atoms with E-state index in [4.69, 9.17) is 4.74 Å². The van der Waals surface area contributed by atoms with Crippen LogP contribution in [0.25, 0.3) is 0 Å². The lowest BCUT2D eigenvalue weighted by Crippen LogP contribution is -2.39. The summed E-state index contributed by atoms with van der Waals surface area (Å²) < 4.78 is 5.47. The fourth-order valence-electron chi connectivity index (χ4n) is 3.51. The third-order valence-corrected chi connectivity index (χ3v) is 5.04. The van der Waals surface area contributed by atoms with Crippen molar-refractivity contribution in [1.29, 1.82) is 0 Å². The zero-order chi connectivity index (χ0) is 13.6. The van der Waals surface area contributed by atoms with Gasteiger partial charge in [-0.2, -0.15) is 0 Å². The third kappa shape index (κ3) is 5.05. The minimum Gasteiger partial charge on any atom is -0.381 e. The van der Waals surface area contributed by atoms with Gasteiger partial charge in [-0.1, -0.05) is 13.8 Å². The van der Waals surface area contributed by atoms with E-state index in [1.807, 2.05) is 0 Å². The SMILES string of the molecule is CC(C)(CNCCC1CCCNC1)C1CCOCC1. The van der Waals surface area contributed by atoms with Crippen molar-refractivity contribution >= 4 is 0 Å². The molecule has 2 saturated heterocycles. The van der Waals surface area contributed by atoms with E-state index in [2.05, 4.69) is 24.5 Å². The molecule has 2 aliphatic rings. The van der Waals surface area contributed by atoms with Gasteiger partial charge in [0.25, 0.3) is 0 Å². The molecule has 19 heavy (non-hydrogen) atoms. The molecule has 0 aromatic carbocycles. The van der Waals surface area contributed by atoms with Crippen LogP contribution in [0.1, 0.15) is 46.0 Å². The van der Waals surface area contributed by atoms with Gasteiger partial charge < -0.3 is 15.4 Å². The molecule has 0 spiro atoms. The third-order valence-electron chi connectivity index (χ3n) is 5.04. The molecule has 0 saturated carbocycles. The van der Waals surface area contributed by atoms with Crippen LogP contribution in [-0.4, -0.2) is 39.4 Å². The van der Waals surface area contributed by atoms with Gasteiger partial charge in [-0.3, -0.25) is 0 Å². The second kappa shape index (κ2) is 7.61. The topological polar surface area (TPSA) is 33.3 Å². The molecule has 1 unspecified atom stereocenters. The van der Waals surface area contributed by atoms with Gasteiger partial charge >= 0.3 is 0 Å². The van der Waals surface area contributed by atoms with Gasteiger partial charge in [-0.05, 0) is 69.0 Å². The molecule has 112 valence electrons. The molecular weight excluding hydrogens is 236 g/mol. The van der Waals surface area contributed by atoms with E-state index in [0.29, 0.717) is 5.41 Å². The summed E-state index contributed by atoms with van der Waals surface area (Å²) in [5.41, 5.74) is 0.411. The van der Waals surface area contributed by atoms with Gasteiger partial charge in [0.2, 0.25) is 0 Å². The second-order valence-electron chi connectivity index (χ2n) is 7.05. The minimum absolute atomic E-state index is 0.411. The summed E-state index contributed by atoms with van der Waals surface area (Å²) in [7, 11) is 0. The molecule has 2 N–H and O–H groups in total. The average Bonchev–Trinajstić information content (AvgIpc) is 2.46. The van der Waals surface area contributed by atoms with Crippen LogP contribution >= 0.6 is 0 Å². The van der Waals surface area contributed by atoms with Crippen molar-refractivity contribution in [2.45, 2.75) is 46.0 Å². The molecule has 0 radical (unpaired) electrons. The van der Waals surface area contributed by atoms with Crippen LogP contribution in [0.15, 0.2) is 0 Å². The molecule has 0 aromatic rings. The molecule has 1 atom stereocenters. The lowest BCUT2D eigenvalue weighted by molar-refractivity contribution is 0.0228. The summed E-state index contributed by atoms with van der Waals surface area (Å²) in [5.74, 6) is 1.72. The molecule has 2 fully saturated rings. The summed E-state index contributed by atoms with van der Waals surface area (Å²) in [5, 5.41) is 7.20. The molecule has 0 aromatic heterocycles. The number of rotatable bonds is 6. The second-order valence-corrected chi connectivity index (χ2v) is 7.05. The molecule has 0 amide bonds. The Balaban J connectivity index is 1.60. The maximum atomic E-state index is 5.47. The number of hydrogen-bond acceptors (Lipinski definition) is 3. The number of nitrogens with one attached hydrogen (secondary N) is 2. The predicted molar refractivity (Wildman–Crippen MR) is 80.4 cm³/mol. The van der Waals surface area contributed by atoms with E-state index < -0.39 is 0 Å². The Bertz CT molecular complexity index is 243. The molecule has 0 aliphatic carbocycles. The Labute approximate surface area is 118 Å². The molecule has 2 aliphatic heterocycles. The normalized spacial score (nSPS) is 26.5. The van der Waals surface area contributed by atoms with Gasteiger partial charge in [-0.15, -0.1) is 0 Å². The number of hydrogen-bond donors (Lipinski definition) is 2. The molecule has 3 heteroatoms. The summed E-state index contributed by atoms with van der Waals surface area (Å²) >= 11 is 0. The van der Waals surface area contributed by atoms with Gasteiger partial charge in [0.05, 0.1) is 0 Å². The first-order valence-electron chi connectivity index (χ1n) is 8.18. The summed E-state index contributed by atoms with van der Waals surface area (Å²) in [6, 6.07) is 0. The zero-order valence-corrected chi connectivity index (χ0v) is 12.8. The van der Waals surface area contributed by atoms with Gasteiger partial charge in [0, 0.05) is 19.8 Å². The first kappa shape index (κ1) is 15.3. The van der Waals surface area contributed by atoms with Crippen molar-refractivity contribution in [1.82, 2.24) is 10.6 Å². The predicted octanol–water partition coefficient (Wildman–Crippen LogP) is 2.42. The Morgan fingerprint density at radius 2 is 2.00 bits per heavy atom. The number of ether oxygens (including phenoxy) is 1. The van der Waals surface area contributed by atoms with Crippen LogP contribution in [0.3, 0.4) is 0 Å². The number of piperidine rings is 1. The standard InChI is InChI=1S/C16H32N2O/c1-16(2,15-6-10-19-11-7-15)13-18-9-5-14-4-3-8-17-12-14/h14-15,17-18H,3-13H2,1-2H3. The van der Waals surface area contributed by atoms with E-state index in [9.17, 15) is 0 Å². The van der Waals surface area contributed by atoms with Crippen LogP contribution < -0.4 is 10.6 Å². The van der Waals surface area contributed by atoms with Crippen molar-refractivity contribution in [3.05, 3.63) is 0 Å². The largest absolute Gasteiger partial charge is 0.381 e. The van der Waals surface area contributed by atoms with Crippen molar-refractivity contribution in [3.8, 4) is 0 Å². The maximum absolute atomic E-state index is 5.47. The van der Waals surface area contributed by atoms with E-state index in [1.165, 1.54) is 51.7 Å². The maximum Gasteiger partial charge on any atom is 0.0468 e. The average molecular weight is 268 g/mol. The van der Waals surface area contributed by atoms with Gasteiger partial charge in [0.15, 0.2) is 0 Å². The Kier molecular flexibility index (Phi) is 6.11. The fraction of sp³-hybridized carbons (Fsp3) is 1.00. The van der Waals surface area contributed by atoms with Crippen LogP contribution in [0.2, 0.25) is 0 Å². The van der Waals surface area contributed by atoms with E-state index in [0.717, 1.165) is 31.6 Å². The van der Waals surface area contributed by atoms with Crippen molar-refractivity contribution < 1.29 is 4.74 Å². The van der Waals surface area contributed by atoms with Crippen LogP contribution in [0, 0.1) is 17.3 Å². The molecule has 0 bridgehead atoms. The first-order valence-corrected chi connectivity index (χ1v) is 8.18. The van der Waals surface area contributed by atoms with Crippen LogP contribution in [0.5, 0.6) is 0 Å². The quantitative estimate of drug-likeness (QED) is 0.726. The van der Waals surface area contributed by atoms with Crippen molar-refractivity contribution in [3.63, 3.8) is 0 Å². The molecular formula is C16H32N2O. The lowest BCUT2D eigenvalue weighted by Gasteiger charge is -2.37. The highest BCUT2D eigenvalue weighted by Gasteiger charge is 2.30. The zero-order valence-electron chi connectivity index (χ0n) is 12.8. The molecule has 2 heterocycles. The lowest BCUT2D eigenvalue weighted by atomic mass is 9.74. The minimum atomic E-state index is 0.411. The summed E-state index contributed by atoms with van der Waals surface area (Å²) in [4.78, 5) is 0. The van der Waals surface area contributed by atoms with E-state index in [1.54, 1.807) is 0 Å². The monoisotopic (exact) mass is 268 g/mol. The van der Waals surface area contributed by atoms with Crippen LogP contribution in [-0.2, 0) is 4.74 Å². The highest BCUT2D eigenvalue weighted by atomic mass is 16.5. The Hall–Kier alpha value is -0.120. The first-order chi connectivity index (χ1) is 9.18. The van der Waals surface area contributed by atoms with Crippen molar-refractivity contribution in [2.75, 3.05) is 39.4 Å². The summed E-state index contributed by atoms with van der Waals surface area (Å²) in [6.45, 7) is 11.5. The van der Waals surface area contributed by atoms with Gasteiger partial charge in [0.1, 0.15) is 0 Å². The van der Waals surface area contributed by atoms with E-state index >= 15 is 0 Å². The van der Waals surface area contributed by atoms with Crippen molar-refractivity contribution in [2.24, 2.45) is 17.3 Å². The van der Waals surface area contributed by atoms with Crippen LogP contribution in [0.4, 0.5) is 0 Å². The van der Waals surface area contributed by atoms with E-state index in [-0.39, 0.29) is 0 Å². The fourth-order valence-corrected chi connectivity index (χ4v) is 3.51.